The van der Waals surface area contributed by atoms with Gasteiger partial charge in [-0.2, -0.15) is 0 Å². The Hall–Kier alpha value is -1.42. The van der Waals surface area contributed by atoms with Gasteiger partial charge >= 0.3 is 0 Å². The third kappa shape index (κ3) is 4.79. The standard InChI is InChI=1S/C20H23ClFNO/c21-18-5-3-17(4-6-18)20(24)14-23-11-9-16(10-12-23)13-15-1-7-19(22)8-2-15/h1-8,16,20,24H,9-14H2/p+1/t20-/m0/s1. The van der Waals surface area contributed by atoms with Crippen molar-refractivity contribution in [1.29, 1.82) is 0 Å². The van der Waals surface area contributed by atoms with Crippen LogP contribution in [0.5, 0.6) is 0 Å². The van der Waals surface area contributed by atoms with Gasteiger partial charge in [0.05, 0.1) is 13.1 Å². The fourth-order valence-corrected chi connectivity index (χ4v) is 3.65. The first-order valence-electron chi connectivity index (χ1n) is 8.61. The van der Waals surface area contributed by atoms with E-state index in [-0.39, 0.29) is 5.82 Å². The van der Waals surface area contributed by atoms with Crippen LogP contribution in [0.4, 0.5) is 4.39 Å². The van der Waals surface area contributed by atoms with Crippen LogP contribution in [0, 0.1) is 11.7 Å². The van der Waals surface area contributed by atoms with Gasteiger partial charge in [-0.05, 0) is 60.6 Å². The van der Waals surface area contributed by atoms with Crippen molar-refractivity contribution in [2.75, 3.05) is 19.6 Å². The lowest BCUT2D eigenvalue weighted by molar-refractivity contribution is -0.910. The molecule has 2 aromatic carbocycles. The summed E-state index contributed by atoms with van der Waals surface area (Å²) in [5.74, 6) is 0.487. The summed E-state index contributed by atoms with van der Waals surface area (Å²) in [5.41, 5.74) is 2.14. The van der Waals surface area contributed by atoms with Crippen LogP contribution in [0.1, 0.15) is 30.1 Å². The quantitative estimate of drug-likeness (QED) is 0.853. The molecule has 1 atom stereocenters. The molecule has 3 rings (SSSR count). The lowest BCUT2D eigenvalue weighted by atomic mass is 9.90. The molecular formula is C20H24ClFNO+. The largest absolute Gasteiger partial charge is 0.382 e. The van der Waals surface area contributed by atoms with Crippen LogP contribution >= 0.6 is 11.6 Å². The number of likely N-dealkylation sites (tertiary alicyclic amines) is 1. The van der Waals surface area contributed by atoms with Crippen molar-refractivity contribution in [3.05, 3.63) is 70.5 Å². The van der Waals surface area contributed by atoms with E-state index < -0.39 is 6.10 Å². The zero-order valence-corrected chi connectivity index (χ0v) is 14.5. The average Bonchev–Trinajstić information content (AvgIpc) is 2.59. The Balaban J connectivity index is 1.46. The highest BCUT2D eigenvalue weighted by atomic mass is 35.5. The van der Waals surface area contributed by atoms with Crippen molar-refractivity contribution < 1.29 is 14.4 Å². The molecule has 1 aliphatic rings. The summed E-state index contributed by atoms with van der Waals surface area (Å²) in [6, 6.07) is 14.3. The molecule has 0 aliphatic carbocycles. The second-order valence-electron chi connectivity index (χ2n) is 6.80. The number of hydrogen-bond donors (Lipinski definition) is 2. The molecule has 4 heteroatoms. The van der Waals surface area contributed by atoms with Crippen LogP contribution in [0.15, 0.2) is 48.5 Å². The predicted octanol–water partition coefficient (Wildman–Crippen LogP) is 3.05. The van der Waals surface area contributed by atoms with Crippen molar-refractivity contribution in [3.63, 3.8) is 0 Å². The van der Waals surface area contributed by atoms with Crippen LogP contribution in [0.25, 0.3) is 0 Å². The van der Waals surface area contributed by atoms with E-state index in [1.807, 2.05) is 36.4 Å². The topological polar surface area (TPSA) is 24.7 Å². The van der Waals surface area contributed by atoms with E-state index in [9.17, 15) is 9.50 Å². The number of rotatable bonds is 5. The molecule has 0 amide bonds. The maximum absolute atomic E-state index is 13.0. The Bertz CT molecular complexity index is 636. The van der Waals surface area contributed by atoms with Gasteiger partial charge in [0.25, 0.3) is 0 Å². The smallest absolute Gasteiger partial charge is 0.128 e. The molecule has 0 unspecified atom stereocenters. The first-order valence-corrected chi connectivity index (χ1v) is 8.99. The molecule has 1 heterocycles. The minimum absolute atomic E-state index is 0.172. The molecule has 0 bridgehead atoms. The fourth-order valence-electron chi connectivity index (χ4n) is 3.52. The van der Waals surface area contributed by atoms with Gasteiger partial charge in [0.2, 0.25) is 0 Å². The summed E-state index contributed by atoms with van der Waals surface area (Å²) in [4.78, 5) is 1.45. The van der Waals surface area contributed by atoms with Gasteiger partial charge in [-0.3, -0.25) is 0 Å². The van der Waals surface area contributed by atoms with Crippen molar-refractivity contribution in [2.45, 2.75) is 25.4 Å². The highest BCUT2D eigenvalue weighted by Crippen LogP contribution is 2.18. The third-order valence-corrected chi connectivity index (χ3v) is 5.24. The highest BCUT2D eigenvalue weighted by Gasteiger charge is 2.24. The number of aliphatic hydroxyl groups is 1. The van der Waals surface area contributed by atoms with Crippen molar-refractivity contribution >= 4 is 11.6 Å². The van der Waals surface area contributed by atoms with Gasteiger partial charge in [0.1, 0.15) is 18.5 Å². The Morgan fingerprint density at radius 1 is 1.04 bits per heavy atom. The Kier molecular flexibility index (Phi) is 5.88. The van der Waals surface area contributed by atoms with E-state index in [1.54, 1.807) is 0 Å². The van der Waals surface area contributed by atoms with Crippen molar-refractivity contribution in [3.8, 4) is 0 Å². The van der Waals surface area contributed by atoms with Crippen LogP contribution in [0.3, 0.4) is 0 Å². The maximum Gasteiger partial charge on any atom is 0.128 e. The molecular weight excluding hydrogens is 325 g/mol. The van der Waals surface area contributed by atoms with Gasteiger partial charge in [0, 0.05) is 5.02 Å². The van der Waals surface area contributed by atoms with Crippen molar-refractivity contribution in [1.82, 2.24) is 0 Å². The van der Waals surface area contributed by atoms with Gasteiger partial charge < -0.3 is 10.0 Å². The number of benzene rings is 2. The lowest BCUT2D eigenvalue weighted by Crippen LogP contribution is -3.13. The summed E-state index contributed by atoms with van der Waals surface area (Å²) in [5, 5.41) is 11.1. The molecule has 2 N–H and O–H groups in total. The number of halogens is 2. The maximum atomic E-state index is 13.0. The van der Waals surface area contributed by atoms with E-state index in [4.69, 9.17) is 11.6 Å². The average molecular weight is 349 g/mol. The number of quaternary nitrogens is 1. The third-order valence-electron chi connectivity index (χ3n) is 4.99. The minimum Gasteiger partial charge on any atom is -0.382 e. The molecule has 1 aliphatic heterocycles. The second kappa shape index (κ2) is 8.11. The van der Waals surface area contributed by atoms with E-state index in [0.717, 1.165) is 44.5 Å². The zero-order chi connectivity index (χ0) is 16.9. The first-order chi connectivity index (χ1) is 11.6. The van der Waals surface area contributed by atoms with Crippen LogP contribution in [0.2, 0.25) is 5.02 Å². The number of piperidine rings is 1. The molecule has 0 spiro atoms. The van der Waals surface area contributed by atoms with Crippen molar-refractivity contribution in [2.24, 2.45) is 5.92 Å². The van der Waals surface area contributed by atoms with Crippen LogP contribution in [-0.2, 0) is 6.42 Å². The SMILES string of the molecule is O[C@@H](C[NH+]1CCC(Cc2ccc(F)cc2)CC1)c1ccc(Cl)cc1. The van der Waals surface area contributed by atoms with Gasteiger partial charge in [-0.25, -0.2) is 4.39 Å². The summed E-state index contributed by atoms with van der Waals surface area (Å²) in [6.45, 7) is 2.90. The highest BCUT2D eigenvalue weighted by molar-refractivity contribution is 6.30. The monoisotopic (exact) mass is 348 g/mol. The summed E-state index contributed by atoms with van der Waals surface area (Å²) in [6.07, 6.45) is 2.89. The van der Waals surface area contributed by atoms with Gasteiger partial charge in [-0.15, -0.1) is 0 Å². The molecule has 2 nitrogen and oxygen atoms in total. The Morgan fingerprint density at radius 2 is 1.67 bits per heavy atom. The normalized spacial score (nSPS) is 22.3. The molecule has 2 aromatic rings. The Morgan fingerprint density at radius 3 is 2.29 bits per heavy atom. The Labute approximate surface area is 147 Å². The minimum atomic E-state index is -0.439. The van der Waals surface area contributed by atoms with Gasteiger partial charge in [-0.1, -0.05) is 35.9 Å². The molecule has 1 saturated heterocycles. The molecule has 0 aromatic heterocycles. The zero-order valence-electron chi connectivity index (χ0n) is 13.7. The molecule has 0 radical (unpaired) electrons. The second-order valence-corrected chi connectivity index (χ2v) is 7.23. The number of aliphatic hydroxyl groups excluding tert-OH is 1. The van der Waals surface area contributed by atoms with Crippen LogP contribution < -0.4 is 4.90 Å². The predicted molar refractivity (Wildman–Crippen MR) is 94.8 cm³/mol. The summed E-state index contributed by atoms with van der Waals surface area (Å²) < 4.78 is 13.0. The van der Waals surface area contributed by atoms with E-state index in [2.05, 4.69) is 0 Å². The molecule has 1 fully saturated rings. The van der Waals surface area contributed by atoms with E-state index >= 15 is 0 Å². The first kappa shape index (κ1) is 17.4. The van der Waals surface area contributed by atoms with E-state index in [0.29, 0.717) is 10.9 Å². The van der Waals surface area contributed by atoms with Crippen LogP contribution in [-0.4, -0.2) is 24.7 Å². The van der Waals surface area contributed by atoms with E-state index in [1.165, 1.54) is 22.6 Å². The summed E-state index contributed by atoms with van der Waals surface area (Å²) >= 11 is 5.89. The lowest BCUT2D eigenvalue weighted by Gasteiger charge is -2.30. The number of hydrogen-bond acceptors (Lipinski definition) is 1. The van der Waals surface area contributed by atoms with Gasteiger partial charge in [0.15, 0.2) is 0 Å². The molecule has 0 saturated carbocycles. The number of nitrogens with one attached hydrogen (secondary N) is 1. The fraction of sp³-hybridized carbons (Fsp3) is 0.400. The molecule has 24 heavy (non-hydrogen) atoms. The summed E-state index contributed by atoms with van der Waals surface area (Å²) in [7, 11) is 0. The molecule has 128 valence electrons.